The van der Waals surface area contributed by atoms with Gasteiger partial charge >= 0.3 is 0 Å². The first-order valence-corrected chi connectivity index (χ1v) is 7.46. The standard InChI is InChI=1S/C16H21N3O3/c1-11-17-16(22-18-11)10-19-8-4-5-13(19)12-6-7-14(20-2)15(9-12)21-3/h6-7,9,13H,4-5,8,10H2,1-3H3. The van der Waals surface area contributed by atoms with Crippen LogP contribution < -0.4 is 9.47 Å². The van der Waals surface area contributed by atoms with E-state index >= 15 is 0 Å². The first kappa shape index (κ1) is 14.8. The van der Waals surface area contributed by atoms with Gasteiger partial charge in [-0.25, -0.2) is 0 Å². The van der Waals surface area contributed by atoms with Crippen molar-refractivity contribution >= 4 is 0 Å². The van der Waals surface area contributed by atoms with E-state index in [1.54, 1.807) is 14.2 Å². The number of aromatic nitrogens is 2. The number of likely N-dealkylation sites (tertiary alicyclic amines) is 1. The van der Waals surface area contributed by atoms with E-state index in [0.29, 0.717) is 24.3 Å². The predicted molar refractivity (Wildman–Crippen MR) is 81.0 cm³/mol. The Balaban J connectivity index is 1.80. The monoisotopic (exact) mass is 303 g/mol. The normalized spacial score (nSPS) is 18.6. The molecule has 3 rings (SSSR count). The Hall–Kier alpha value is -2.08. The van der Waals surface area contributed by atoms with Crippen LogP contribution in [-0.2, 0) is 6.54 Å². The van der Waals surface area contributed by atoms with Gasteiger partial charge in [0.25, 0.3) is 0 Å². The van der Waals surface area contributed by atoms with E-state index in [1.807, 2.05) is 13.0 Å². The lowest BCUT2D eigenvalue weighted by Gasteiger charge is -2.23. The third-order valence-electron chi connectivity index (χ3n) is 4.06. The number of methoxy groups -OCH3 is 2. The third-order valence-corrected chi connectivity index (χ3v) is 4.06. The molecular formula is C16H21N3O3. The van der Waals surface area contributed by atoms with Crippen LogP contribution in [0.4, 0.5) is 0 Å². The molecule has 1 aliphatic rings. The molecule has 2 heterocycles. The van der Waals surface area contributed by atoms with Crippen molar-refractivity contribution in [3.63, 3.8) is 0 Å². The lowest BCUT2D eigenvalue weighted by molar-refractivity contribution is 0.212. The zero-order valence-electron chi connectivity index (χ0n) is 13.2. The summed E-state index contributed by atoms with van der Waals surface area (Å²) in [6, 6.07) is 6.46. The van der Waals surface area contributed by atoms with Crippen LogP contribution in [-0.4, -0.2) is 35.8 Å². The van der Waals surface area contributed by atoms with Gasteiger partial charge in [0, 0.05) is 6.04 Å². The molecule has 1 aromatic heterocycles. The minimum Gasteiger partial charge on any atom is -0.493 e. The summed E-state index contributed by atoms with van der Waals surface area (Å²) in [5.41, 5.74) is 1.23. The summed E-state index contributed by atoms with van der Waals surface area (Å²) in [4.78, 5) is 6.67. The lowest BCUT2D eigenvalue weighted by atomic mass is 10.0. The average molecular weight is 303 g/mol. The van der Waals surface area contributed by atoms with E-state index in [0.717, 1.165) is 30.9 Å². The molecule has 1 atom stereocenters. The highest BCUT2D eigenvalue weighted by atomic mass is 16.5. The zero-order valence-corrected chi connectivity index (χ0v) is 13.2. The molecule has 1 fully saturated rings. The fourth-order valence-electron chi connectivity index (χ4n) is 3.03. The summed E-state index contributed by atoms with van der Waals surface area (Å²) in [5.74, 6) is 2.87. The first-order chi connectivity index (χ1) is 10.7. The molecule has 22 heavy (non-hydrogen) atoms. The molecule has 0 N–H and O–H groups in total. The van der Waals surface area contributed by atoms with E-state index in [2.05, 4.69) is 27.2 Å². The van der Waals surface area contributed by atoms with Crippen molar-refractivity contribution in [1.29, 1.82) is 0 Å². The molecule has 1 saturated heterocycles. The first-order valence-electron chi connectivity index (χ1n) is 7.46. The molecule has 6 heteroatoms. The second kappa shape index (κ2) is 6.36. The second-order valence-electron chi connectivity index (χ2n) is 5.48. The van der Waals surface area contributed by atoms with Crippen LogP contribution in [0.1, 0.15) is 36.2 Å². The molecular weight excluding hydrogens is 282 g/mol. The number of ether oxygens (including phenoxy) is 2. The van der Waals surface area contributed by atoms with Crippen LogP contribution in [0.2, 0.25) is 0 Å². The Labute approximate surface area is 130 Å². The summed E-state index contributed by atoms with van der Waals surface area (Å²) in [7, 11) is 3.31. The van der Waals surface area contributed by atoms with E-state index in [1.165, 1.54) is 5.56 Å². The van der Waals surface area contributed by atoms with Gasteiger partial charge in [-0.1, -0.05) is 11.2 Å². The Morgan fingerprint density at radius 3 is 2.77 bits per heavy atom. The van der Waals surface area contributed by atoms with E-state index in [4.69, 9.17) is 14.0 Å². The van der Waals surface area contributed by atoms with Crippen LogP contribution in [0, 0.1) is 6.92 Å². The van der Waals surface area contributed by atoms with Crippen LogP contribution in [0.5, 0.6) is 11.5 Å². The molecule has 0 spiro atoms. The van der Waals surface area contributed by atoms with Crippen molar-refractivity contribution in [1.82, 2.24) is 15.0 Å². The molecule has 0 saturated carbocycles. The summed E-state index contributed by atoms with van der Waals surface area (Å²) in [6.45, 7) is 3.54. The van der Waals surface area contributed by atoms with E-state index < -0.39 is 0 Å². The number of aryl methyl sites for hydroxylation is 1. The van der Waals surface area contributed by atoms with Crippen molar-refractivity contribution in [3.05, 3.63) is 35.5 Å². The summed E-state index contributed by atoms with van der Waals surface area (Å²) in [6.07, 6.45) is 2.27. The van der Waals surface area contributed by atoms with Gasteiger partial charge in [0.2, 0.25) is 5.89 Å². The Bertz CT molecular complexity index is 641. The largest absolute Gasteiger partial charge is 0.493 e. The minimum atomic E-state index is 0.340. The Morgan fingerprint density at radius 2 is 2.09 bits per heavy atom. The van der Waals surface area contributed by atoms with Crippen molar-refractivity contribution in [2.24, 2.45) is 0 Å². The van der Waals surface area contributed by atoms with Crippen molar-refractivity contribution in [2.75, 3.05) is 20.8 Å². The highest BCUT2D eigenvalue weighted by Gasteiger charge is 2.28. The quantitative estimate of drug-likeness (QED) is 0.846. The smallest absolute Gasteiger partial charge is 0.240 e. The maximum atomic E-state index is 5.41. The summed E-state index contributed by atoms with van der Waals surface area (Å²) < 4.78 is 16.0. The van der Waals surface area contributed by atoms with Gasteiger partial charge in [-0.05, 0) is 44.0 Å². The topological polar surface area (TPSA) is 60.6 Å². The third kappa shape index (κ3) is 2.92. The molecule has 0 radical (unpaired) electrons. The molecule has 1 unspecified atom stereocenters. The number of rotatable bonds is 5. The van der Waals surface area contributed by atoms with Crippen molar-refractivity contribution in [2.45, 2.75) is 32.4 Å². The highest BCUT2D eigenvalue weighted by molar-refractivity contribution is 5.44. The Morgan fingerprint density at radius 1 is 1.27 bits per heavy atom. The van der Waals surface area contributed by atoms with Gasteiger partial charge in [-0.15, -0.1) is 0 Å². The van der Waals surface area contributed by atoms with Gasteiger partial charge < -0.3 is 14.0 Å². The fourth-order valence-corrected chi connectivity index (χ4v) is 3.03. The lowest BCUT2D eigenvalue weighted by Crippen LogP contribution is -2.23. The molecule has 2 aromatic rings. The van der Waals surface area contributed by atoms with Gasteiger partial charge in [0.15, 0.2) is 17.3 Å². The van der Waals surface area contributed by atoms with E-state index in [9.17, 15) is 0 Å². The molecule has 0 aliphatic carbocycles. The Kier molecular flexibility index (Phi) is 4.29. The summed E-state index contributed by atoms with van der Waals surface area (Å²) >= 11 is 0. The van der Waals surface area contributed by atoms with Crippen LogP contribution >= 0.6 is 0 Å². The minimum absolute atomic E-state index is 0.340. The zero-order chi connectivity index (χ0) is 15.5. The fraction of sp³-hybridized carbons (Fsp3) is 0.500. The number of hydrogen-bond acceptors (Lipinski definition) is 6. The number of nitrogens with zero attached hydrogens (tertiary/aromatic N) is 3. The van der Waals surface area contributed by atoms with Gasteiger partial charge in [0.05, 0.1) is 20.8 Å². The number of benzene rings is 1. The maximum Gasteiger partial charge on any atom is 0.240 e. The van der Waals surface area contributed by atoms with Crippen LogP contribution in [0.3, 0.4) is 0 Å². The highest BCUT2D eigenvalue weighted by Crippen LogP contribution is 2.37. The van der Waals surface area contributed by atoms with Crippen molar-refractivity contribution in [3.8, 4) is 11.5 Å². The molecule has 118 valence electrons. The number of hydrogen-bond donors (Lipinski definition) is 0. The van der Waals surface area contributed by atoms with Crippen LogP contribution in [0.25, 0.3) is 0 Å². The van der Waals surface area contributed by atoms with Gasteiger partial charge in [0.1, 0.15) is 0 Å². The van der Waals surface area contributed by atoms with Crippen LogP contribution in [0.15, 0.2) is 22.7 Å². The molecule has 1 aliphatic heterocycles. The molecule has 1 aromatic carbocycles. The van der Waals surface area contributed by atoms with Gasteiger partial charge in [-0.2, -0.15) is 4.98 Å². The maximum absolute atomic E-state index is 5.41. The summed E-state index contributed by atoms with van der Waals surface area (Å²) in [5, 5.41) is 3.86. The second-order valence-corrected chi connectivity index (χ2v) is 5.48. The molecule has 0 amide bonds. The van der Waals surface area contributed by atoms with E-state index in [-0.39, 0.29) is 0 Å². The molecule has 6 nitrogen and oxygen atoms in total. The van der Waals surface area contributed by atoms with Gasteiger partial charge in [-0.3, -0.25) is 4.90 Å². The SMILES string of the molecule is COc1ccc(C2CCCN2Cc2nc(C)no2)cc1OC. The van der Waals surface area contributed by atoms with Crippen molar-refractivity contribution < 1.29 is 14.0 Å². The average Bonchev–Trinajstić information content (AvgIpc) is 3.16. The predicted octanol–water partition coefficient (Wildman–Crippen LogP) is 2.73. The molecule has 0 bridgehead atoms.